The van der Waals surface area contributed by atoms with E-state index in [0.29, 0.717) is 11.3 Å². The summed E-state index contributed by atoms with van der Waals surface area (Å²) in [6, 6.07) is 19.7. The fourth-order valence-corrected chi connectivity index (χ4v) is 5.77. The third kappa shape index (κ3) is 4.54. The Labute approximate surface area is 220 Å². The van der Waals surface area contributed by atoms with Crippen LogP contribution >= 0.6 is 0 Å². The van der Waals surface area contributed by atoms with Gasteiger partial charge in [-0.3, -0.25) is 14.4 Å². The van der Waals surface area contributed by atoms with Crippen LogP contribution in [0, 0.1) is 0 Å². The van der Waals surface area contributed by atoms with Gasteiger partial charge in [0.25, 0.3) is 5.91 Å². The number of benzene rings is 3. The summed E-state index contributed by atoms with van der Waals surface area (Å²) in [5, 5.41) is 3.33. The van der Waals surface area contributed by atoms with Gasteiger partial charge in [-0.15, -0.1) is 0 Å². The molecular weight excluding hydrogens is 480 g/mol. The zero-order chi connectivity index (χ0) is 26.2. The molecule has 6 rings (SSSR count). The summed E-state index contributed by atoms with van der Waals surface area (Å²) in [4.78, 5) is 52.0. The number of nitrogens with one attached hydrogen (secondary N) is 1. The average Bonchev–Trinajstić information content (AvgIpc) is 3.65. The lowest BCUT2D eigenvalue weighted by Gasteiger charge is -2.18. The molecule has 3 aliphatic rings. The van der Waals surface area contributed by atoms with Crippen molar-refractivity contribution in [1.29, 1.82) is 0 Å². The summed E-state index contributed by atoms with van der Waals surface area (Å²) in [6.07, 6.45) is 5.24. The molecule has 2 amide bonds. The van der Waals surface area contributed by atoms with E-state index in [4.69, 9.17) is 4.74 Å². The number of imide groups is 1. The molecule has 1 saturated heterocycles. The van der Waals surface area contributed by atoms with Crippen LogP contribution in [-0.4, -0.2) is 42.3 Å². The van der Waals surface area contributed by atoms with Crippen LogP contribution in [0.4, 0.5) is 5.69 Å². The van der Waals surface area contributed by atoms with Crippen molar-refractivity contribution in [3.05, 3.63) is 89.0 Å². The number of hydrogen-bond acceptors (Lipinski definition) is 6. The molecule has 7 heteroatoms. The van der Waals surface area contributed by atoms with E-state index in [1.807, 2.05) is 24.3 Å². The molecule has 1 saturated carbocycles. The van der Waals surface area contributed by atoms with E-state index in [0.717, 1.165) is 43.2 Å². The van der Waals surface area contributed by atoms with Crippen molar-refractivity contribution in [2.24, 2.45) is 0 Å². The van der Waals surface area contributed by atoms with Crippen LogP contribution in [0.5, 0.6) is 0 Å². The zero-order valence-electron chi connectivity index (χ0n) is 20.9. The van der Waals surface area contributed by atoms with E-state index in [1.165, 1.54) is 28.2 Å². The standard InChI is InChI=1S/C31H28N2O5/c34-28(21-11-14-26-22(16-21)15-20-5-1-4-8-25(20)26)18-38-31(37)19-9-12-24(13-10-19)33-29(35)17-27(30(33)36)32-23-6-2-3-7-23/h1,4-5,8-14,16,23,27,32H,2-3,6-7,15,17-18H2. The Bertz CT molecular complexity index is 1440. The number of ether oxygens (including phenoxy) is 1. The van der Waals surface area contributed by atoms with E-state index < -0.39 is 12.0 Å². The molecule has 1 atom stereocenters. The molecule has 1 unspecified atom stereocenters. The van der Waals surface area contributed by atoms with E-state index in [2.05, 4.69) is 17.4 Å². The number of hydrogen-bond donors (Lipinski definition) is 1. The minimum Gasteiger partial charge on any atom is -0.454 e. The van der Waals surface area contributed by atoms with Crippen LogP contribution in [0.25, 0.3) is 11.1 Å². The van der Waals surface area contributed by atoms with Gasteiger partial charge in [0.2, 0.25) is 5.91 Å². The number of esters is 1. The quantitative estimate of drug-likeness (QED) is 0.225. The average molecular weight is 509 g/mol. The molecule has 0 radical (unpaired) electrons. The normalized spacial score (nSPS) is 18.5. The Hall–Kier alpha value is -4.10. The van der Waals surface area contributed by atoms with Gasteiger partial charge in [0.05, 0.1) is 23.7 Å². The maximum Gasteiger partial charge on any atom is 0.338 e. The van der Waals surface area contributed by atoms with Crippen molar-refractivity contribution in [2.75, 3.05) is 11.5 Å². The van der Waals surface area contributed by atoms with Crippen molar-refractivity contribution in [1.82, 2.24) is 5.32 Å². The predicted molar refractivity (Wildman–Crippen MR) is 142 cm³/mol. The number of amides is 2. The first-order valence-corrected chi connectivity index (χ1v) is 13.1. The molecule has 0 bridgehead atoms. The Kier molecular flexibility index (Phi) is 6.37. The summed E-state index contributed by atoms with van der Waals surface area (Å²) in [5.74, 6) is -1.44. The molecule has 2 aliphatic carbocycles. The number of fused-ring (bicyclic) bond motifs is 3. The molecule has 3 aromatic carbocycles. The van der Waals surface area contributed by atoms with Gasteiger partial charge in [0, 0.05) is 11.6 Å². The van der Waals surface area contributed by atoms with Crippen molar-refractivity contribution >= 4 is 29.3 Å². The van der Waals surface area contributed by atoms with E-state index in [-0.39, 0.29) is 42.2 Å². The topological polar surface area (TPSA) is 92.8 Å². The summed E-state index contributed by atoms with van der Waals surface area (Å²) < 4.78 is 5.28. The second kappa shape index (κ2) is 9.99. The van der Waals surface area contributed by atoms with Gasteiger partial charge >= 0.3 is 5.97 Å². The summed E-state index contributed by atoms with van der Waals surface area (Å²) in [6.45, 7) is -0.371. The SMILES string of the molecule is O=C(COC(=O)c1ccc(N2C(=O)CC(NC3CCCC3)C2=O)cc1)c1ccc2c(c1)Cc1ccccc1-2. The smallest absolute Gasteiger partial charge is 0.338 e. The number of ketones is 1. The maximum atomic E-state index is 12.9. The van der Waals surface area contributed by atoms with Crippen molar-refractivity contribution in [2.45, 2.75) is 50.6 Å². The molecular formula is C31H28N2O5. The monoisotopic (exact) mass is 508 g/mol. The van der Waals surface area contributed by atoms with Gasteiger partial charge in [-0.1, -0.05) is 49.2 Å². The van der Waals surface area contributed by atoms with Crippen LogP contribution in [0.1, 0.15) is 63.9 Å². The van der Waals surface area contributed by atoms with Gasteiger partial charge in [-0.25, -0.2) is 9.69 Å². The third-order valence-electron chi connectivity index (χ3n) is 7.75. The van der Waals surface area contributed by atoms with E-state index >= 15 is 0 Å². The maximum absolute atomic E-state index is 12.9. The highest BCUT2D eigenvalue weighted by Gasteiger charge is 2.40. The highest BCUT2D eigenvalue weighted by Crippen LogP contribution is 2.36. The molecule has 0 spiro atoms. The first-order valence-electron chi connectivity index (χ1n) is 13.1. The molecule has 7 nitrogen and oxygen atoms in total. The Balaban J connectivity index is 1.06. The number of anilines is 1. The third-order valence-corrected chi connectivity index (χ3v) is 7.75. The first-order chi connectivity index (χ1) is 18.5. The van der Waals surface area contributed by atoms with Gasteiger partial charge in [0.1, 0.15) is 0 Å². The largest absolute Gasteiger partial charge is 0.454 e. The molecule has 1 aliphatic heterocycles. The minimum atomic E-state index is -0.640. The number of Topliss-reactive ketones (excluding diaryl/α,β-unsaturated/α-hetero) is 1. The van der Waals surface area contributed by atoms with Gasteiger partial charge in [-0.05, 0) is 71.8 Å². The molecule has 0 aromatic heterocycles. The lowest BCUT2D eigenvalue weighted by atomic mass is 10.0. The van der Waals surface area contributed by atoms with Crippen LogP contribution in [-0.2, 0) is 20.7 Å². The van der Waals surface area contributed by atoms with Crippen molar-refractivity contribution in [3.8, 4) is 11.1 Å². The molecule has 192 valence electrons. The van der Waals surface area contributed by atoms with Crippen molar-refractivity contribution in [3.63, 3.8) is 0 Å². The fraction of sp³-hybridized carbons (Fsp3) is 0.290. The van der Waals surface area contributed by atoms with Crippen molar-refractivity contribution < 1.29 is 23.9 Å². The second-order valence-corrected chi connectivity index (χ2v) is 10.2. The van der Waals surface area contributed by atoms with Crippen LogP contribution in [0.2, 0.25) is 0 Å². The molecule has 2 fully saturated rings. The van der Waals surface area contributed by atoms with Crippen LogP contribution < -0.4 is 10.2 Å². The predicted octanol–water partition coefficient (Wildman–Crippen LogP) is 4.46. The summed E-state index contributed by atoms with van der Waals surface area (Å²) >= 11 is 0. The number of rotatable bonds is 7. The number of carbonyl (C=O) groups is 4. The highest BCUT2D eigenvalue weighted by molar-refractivity contribution is 6.22. The van der Waals surface area contributed by atoms with Gasteiger partial charge in [-0.2, -0.15) is 0 Å². The first kappa shape index (κ1) is 24.2. The Morgan fingerprint density at radius 1 is 0.868 bits per heavy atom. The molecule has 1 heterocycles. The Morgan fingerprint density at radius 2 is 1.58 bits per heavy atom. The highest BCUT2D eigenvalue weighted by atomic mass is 16.5. The number of nitrogens with zero attached hydrogens (tertiary/aromatic N) is 1. The second-order valence-electron chi connectivity index (χ2n) is 10.2. The summed E-state index contributed by atoms with van der Waals surface area (Å²) in [7, 11) is 0. The van der Waals surface area contributed by atoms with Gasteiger partial charge in [0.15, 0.2) is 12.4 Å². The number of carbonyl (C=O) groups excluding carboxylic acids is 4. The van der Waals surface area contributed by atoms with E-state index in [1.54, 1.807) is 18.2 Å². The van der Waals surface area contributed by atoms with Crippen LogP contribution in [0.15, 0.2) is 66.7 Å². The summed E-state index contributed by atoms with van der Waals surface area (Å²) in [5.41, 5.74) is 5.81. The van der Waals surface area contributed by atoms with Crippen LogP contribution in [0.3, 0.4) is 0 Å². The Morgan fingerprint density at radius 3 is 2.37 bits per heavy atom. The molecule has 3 aromatic rings. The minimum absolute atomic E-state index is 0.135. The van der Waals surface area contributed by atoms with Gasteiger partial charge < -0.3 is 10.1 Å². The lowest BCUT2D eigenvalue weighted by Crippen LogP contribution is -2.42. The zero-order valence-corrected chi connectivity index (χ0v) is 20.9. The molecule has 1 N–H and O–H groups in total. The van der Waals surface area contributed by atoms with E-state index in [9.17, 15) is 19.2 Å². The lowest BCUT2D eigenvalue weighted by molar-refractivity contribution is -0.121. The fourth-order valence-electron chi connectivity index (χ4n) is 5.77. The molecule has 38 heavy (non-hydrogen) atoms.